The van der Waals surface area contributed by atoms with Crippen LogP contribution >= 0.6 is 0 Å². The van der Waals surface area contributed by atoms with Crippen LogP contribution in [0.2, 0.25) is 0 Å². The Morgan fingerprint density at radius 2 is 2.00 bits per heavy atom. The number of hydrogen-bond acceptors (Lipinski definition) is 2. The van der Waals surface area contributed by atoms with E-state index in [0.29, 0.717) is 5.41 Å². The molecule has 0 fully saturated rings. The van der Waals surface area contributed by atoms with Crippen molar-refractivity contribution >= 4 is 0 Å². The van der Waals surface area contributed by atoms with Gasteiger partial charge in [-0.15, -0.1) is 0 Å². The summed E-state index contributed by atoms with van der Waals surface area (Å²) >= 11 is 0. The number of methoxy groups -OCH3 is 1. The van der Waals surface area contributed by atoms with Gasteiger partial charge in [0.05, 0.1) is 6.61 Å². The molecule has 0 aromatic rings. The Hall–Kier alpha value is -0.0800. The Bertz CT molecular complexity index is 128. The van der Waals surface area contributed by atoms with Crippen LogP contribution in [-0.2, 0) is 4.74 Å². The van der Waals surface area contributed by atoms with Crippen LogP contribution in [0, 0.1) is 11.3 Å². The second-order valence-electron chi connectivity index (χ2n) is 5.02. The van der Waals surface area contributed by atoms with Crippen molar-refractivity contribution in [2.75, 3.05) is 26.8 Å². The maximum atomic E-state index is 5.28. The zero-order valence-corrected chi connectivity index (χ0v) is 10.5. The van der Waals surface area contributed by atoms with Crippen LogP contribution in [0.15, 0.2) is 0 Å². The van der Waals surface area contributed by atoms with E-state index in [1.807, 2.05) is 0 Å². The summed E-state index contributed by atoms with van der Waals surface area (Å²) in [5.74, 6) is 0.725. The Morgan fingerprint density at radius 3 is 2.43 bits per heavy atom. The van der Waals surface area contributed by atoms with Gasteiger partial charge >= 0.3 is 0 Å². The maximum Gasteiger partial charge on any atom is 0.0528 e. The minimum absolute atomic E-state index is 0.304. The third-order valence-electron chi connectivity index (χ3n) is 2.45. The molecule has 0 saturated carbocycles. The highest BCUT2D eigenvalue weighted by Crippen LogP contribution is 2.22. The van der Waals surface area contributed by atoms with E-state index in [1.165, 1.54) is 12.8 Å². The number of rotatable bonds is 8. The quantitative estimate of drug-likeness (QED) is 0.652. The molecule has 0 saturated heterocycles. The van der Waals surface area contributed by atoms with E-state index in [0.717, 1.165) is 25.6 Å². The first kappa shape index (κ1) is 13.9. The van der Waals surface area contributed by atoms with E-state index in [2.05, 4.69) is 33.0 Å². The molecule has 0 bridgehead atoms. The summed E-state index contributed by atoms with van der Waals surface area (Å²) in [5, 5.41) is 3.52. The van der Waals surface area contributed by atoms with Crippen molar-refractivity contribution in [3.8, 4) is 0 Å². The largest absolute Gasteiger partial charge is 0.384 e. The predicted molar refractivity (Wildman–Crippen MR) is 62.6 cm³/mol. The smallest absolute Gasteiger partial charge is 0.0528 e. The van der Waals surface area contributed by atoms with Gasteiger partial charge in [-0.2, -0.15) is 0 Å². The molecule has 1 unspecified atom stereocenters. The summed E-state index contributed by atoms with van der Waals surface area (Å²) in [6, 6.07) is 0. The molecule has 86 valence electrons. The average Bonchev–Trinajstić information content (AvgIpc) is 2.03. The molecule has 0 rings (SSSR count). The van der Waals surface area contributed by atoms with Gasteiger partial charge in [-0.05, 0) is 18.9 Å². The zero-order chi connectivity index (χ0) is 11.0. The SMILES string of the molecule is CCCC(C)(CNCC(C)C)COC. The van der Waals surface area contributed by atoms with Crippen LogP contribution in [0.1, 0.15) is 40.5 Å². The molecule has 0 radical (unpaired) electrons. The summed E-state index contributed by atoms with van der Waals surface area (Å²) < 4.78 is 5.28. The van der Waals surface area contributed by atoms with E-state index in [-0.39, 0.29) is 0 Å². The second-order valence-corrected chi connectivity index (χ2v) is 5.02. The molecule has 14 heavy (non-hydrogen) atoms. The standard InChI is InChI=1S/C12H27NO/c1-6-7-12(4,10-14-5)9-13-8-11(2)3/h11,13H,6-10H2,1-5H3. The molecule has 0 aromatic heterocycles. The Balaban J connectivity index is 3.83. The summed E-state index contributed by atoms with van der Waals surface area (Å²) in [6.45, 7) is 12.0. The molecule has 2 heteroatoms. The number of ether oxygens (including phenoxy) is 1. The van der Waals surface area contributed by atoms with Crippen LogP contribution in [0.4, 0.5) is 0 Å². The van der Waals surface area contributed by atoms with Gasteiger partial charge in [0.15, 0.2) is 0 Å². The first-order chi connectivity index (χ1) is 6.54. The van der Waals surface area contributed by atoms with Gasteiger partial charge in [-0.3, -0.25) is 0 Å². The fraction of sp³-hybridized carbons (Fsp3) is 1.00. The van der Waals surface area contributed by atoms with E-state index in [1.54, 1.807) is 7.11 Å². The van der Waals surface area contributed by atoms with Gasteiger partial charge in [0.2, 0.25) is 0 Å². The second kappa shape index (κ2) is 7.24. The van der Waals surface area contributed by atoms with Crippen LogP contribution in [0.25, 0.3) is 0 Å². The fourth-order valence-corrected chi connectivity index (χ4v) is 1.83. The lowest BCUT2D eigenvalue weighted by molar-refractivity contribution is 0.0834. The molecule has 2 nitrogen and oxygen atoms in total. The molecule has 0 aliphatic carbocycles. The first-order valence-corrected chi connectivity index (χ1v) is 5.73. The van der Waals surface area contributed by atoms with Gasteiger partial charge in [0.1, 0.15) is 0 Å². The normalized spacial score (nSPS) is 15.9. The highest BCUT2D eigenvalue weighted by Gasteiger charge is 2.22. The van der Waals surface area contributed by atoms with E-state index < -0.39 is 0 Å². The monoisotopic (exact) mass is 201 g/mol. The molecule has 0 spiro atoms. The van der Waals surface area contributed by atoms with Crippen LogP contribution in [-0.4, -0.2) is 26.8 Å². The topological polar surface area (TPSA) is 21.3 Å². The average molecular weight is 201 g/mol. The van der Waals surface area contributed by atoms with Gasteiger partial charge in [0.25, 0.3) is 0 Å². The summed E-state index contributed by atoms with van der Waals surface area (Å²) in [5.41, 5.74) is 0.304. The van der Waals surface area contributed by atoms with Gasteiger partial charge in [-0.1, -0.05) is 34.1 Å². The van der Waals surface area contributed by atoms with E-state index in [9.17, 15) is 0 Å². The molecule has 0 aromatic carbocycles. The minimum atomic E-state index is 0.304. The third-order valence-corrected chi connectivity index (χ3v) is 2.45. The van der Waals surface area contributed by atoms with Crippen molar-refractivity contribution in [3.05, 3.63) is 0 Å². The molecule has 0 aliphatic rings. The summed E-state index contributed by atoms with van der Waals surface area (Å²) in [7, 11) is 1.79. The lowest BCUT2D eigenvalue weighted by atomic mass is 9.86. The molecular formula is C12H27NO. The molecular weight excluding hydrogens is 174 g/mol. The van der Waals surface area contributed by atoms with Gasteiger partial charge in [0, 0.05) is 19.1 Å². The lowest BCUT2D eigenvalue weighted by Gasteiger charge is -2.29. The van der Waals surface area contributed by atoms with Crippen molar-refractivity contribution < 1.29 is 4.74 Å². The number of hydrogen-bond donors (Lipinski definition) is 1. The van der Waals surface area contributed by atoms with E-state index in [4.69, 9.17) is 4.74 Å². The minimum Gasteiger partial charge on any atom is -0.384 e. The predicted octanol–water partition coefficient (Wildman–Crippen LogP) is 2.68. The highest BCUT2D eigenvalue weighted by atomic mass is 16.5. The molecule has 1 atom stereocenters. The number of nitrogens with one attached hydrogen (secondary N) is 1. The van der Waals surface area contributed by atoms with E-state index >= 15 is 0 Å². The fourth-order valence-electron chi connectivity index (χ4n) is 1.83. The van der Waals surface area contributed by atoms with Gasteiger partial charge in [-0.25, -0.2) is 0 Å². The van der Waals surface area contributed by atoms with Crippen LogP contribution < -0.4 is 5.32 Å². The Morgan fingerprint density at radius 1 is 1.36 bits per heavy atom. The summed E-state index contributed by atoms with van der Waals surface area (Å²) in [6.07, 6.45) is 2.45. The third kappa shape index (κ3) is 6.39. The maximum absolute atomic E-state index is 5.28. The first-order valence-electron chi connectivity index (χ1n) is 5.73. The Labute approximate surface area is 89.4 Å². The van der Waals surface area contributed by atoms with Crippen molar-refractivity contribution in [2.45, 2.75) is 40.5 Å². The summed E-state index contributed by atoms with van der Waals surface area (Å²) in [4.78, 5) is 0. The molecule has 0 amide bonds. The zero-order valence-electron chi connectivity index (χ0n) is 10.5. The molecule has 0 aliphatic heterocycles. The van der Waals surface area contributed by atoms with Crippen LogP contribution in [0.3, 0.4) is 0 Å². The highest BCUT2D eigenvalue weighted by molar-refractivity contribution is 4.76. The van der Waals surface area contributed by atoms with Crippen molar-refractivity contribution in [1.82, 2.24) is 5.32 Å². The van der Waals surface area contributed by atoms with Crippen molar-refractivity contribution in [3.63, 3.8) is 0 Å². The molecule has 0 heterocycles. The van der Waals surface area contributed by atoms with Gasteiger partial charge < -0.3 is 10.1 Å². The van der Waals surface area contributed by atoms with Crippen molar-refractivity contribution in [1.29, 1.82) is 0 Å². The lowest BCUT2D eigenvalue weighted by Crippen LogP contribution is -2.37. The van der Waals surface area contributed by atoms with Crippen molar-refractivity contribution in [2.24, 2.45) is 11.3 Å². The molecule has 1 N–H and O–H groups in total. The van der Waals surface area contributed by atoms with Crippen LogP contribution in [0.5, 0.6) is 0 Å². The Kier molecular flexibility index (Phi) is 7.20.